The molecule has 6 heteroatoms. The van der Waals surface area contributed by atoms with E-state index in [0.717, 1.165) is 17.0 Å². The lowest BCUT2D eigenvalue weighted by Crippen LogP contribution is -2.12. The van der Waals surface area contributed by atoms with Crippen molar-refractivity contribution in [2.24, 2.45) is 0 Å². The fourth-order valence-corrected chi connectivity index (χ4v) is 3.16. The van der Waals surface area contributed by atoms with Gasteiger partial charge in [0, 0.05) is 11.4 Å². The topological polar surface area (TPSA) is 90.9 Å². The maximum atomic E-state index is 12.5. The van der Waals surface area contributed by atoms with E-state index >= 15 is 0 Å². The average Bonchev–Trinajstić information content (AvgIpc) is 2.92. The van der Waals surface area contributed by atoms with Crippen LogP contribution in [0.3, 0.4) is 0 Å². The maximum absolute atomic E-state index is 12.5. The van der Waals surface area contributed by atoms with E-state index < -0.39 is 0 Å². The second-order valence-corrected chi connectivity index (χ2v) is 5.99. The van der Waals surface area contributed by atoms with Crippen molar-refractivity contribution < 1.29 is 4.79 Å². The molecule has 0 fully saturated rings. The van der Waals surface area contributed by atoms with Gasteiger partial charge in [-0.3, -0.25) is 4.79 Å². The number of carbonyl (C=O) groups is 1. The summed E-state index contributed by atoms with van der Waals surface area (Å²) in [7, 11) is 0. The molecule has 1 amide bonds. The summed E-state index contributed by atoms with van der Waals surface area (Å²) >= 11 is 1.16. The number of rotatable bonds is 4. The minimum Gasteiger partial charge on any atom is -0.396 e. The van der Waals surface area contributed by atoms with E-state index in [4.69, 9.17) is 5.73 Å². The van der Waals surface area contributed by atoms with Crippen molar-refractivity contribution in [3.05, 3.63) is 71.1 Å². The molecule has 4 N–H and O–H groups in total. The standard InChI is InChI=1S/C18H14N4OS/c19-11-14-15(20)16(17(23)21-12-7-3-1-4-8-12)24-18(14)22-13-9-5-2-6-10-13/h1-10,22H,20H2,(H,21,23). The number of hydrogen-bond donors (Lipinski definition) is 3. The zero-order chi connectivity index (χ0) is 16.9. The predicted octanol–water partition coefficient (Wildman–Crippen LogP) is 4.20. The highest BCUT2D eigenvalue weighted by atomic mass is 32.1. The van der Waals surface area contributed by atoms with E-state index in [0.29, 0.717) is 15.6 Å². The molecule has 0 aliphatic rings. The molecule has 1 heterocycles. The van der Waals surface area contributed by atoms with Crippen LogP contribution < -0.4 is 16.4 Å². The van der Waals surface area contributed by atoms with E-state index in [1.54, 1.807) is 12.1 Å². The Morgan fingerprint density at radius 1 is 1.00 bits per heavy atom. The minimum absolute atomic E-state index is 0.189. The first kappa shape index (κ1) is 15.6. The molecule has 1 aromatic heterocycles. The van der Waals surface area contributed by atoms with Crippen molar-refractivity contribution in [3.8, 4) is 6.07 Å². The smallest absolute Gasteiger partial charge is 0.267 e. The number of nitriles is 1. The fourth-order valence-electron chi connectivity index (χ4n) is 2.17. The largest absolute Gasteiger partial charge is 0.396 e. The van der Waals surface area contributed by atoms with Crippen LogP contribution >= 0.6 is 11.3 Å². The van der Waals surface area contributed by atoms with Gasteiger partial charge in [0.15, 0.2) is 0 Å². The van der Waals surface area contributed by atoms with Crippen LogP contribution in [0, 0.1) is 11.3 Å². The van der Waals surface area contributed by atoms with Crippen molar-refractivity contribution >= 4 is 39.3 Å². The molecule has 24 heavy (non-hydrogen) atoms. The molecule has 0 saturated heterocycles. The third-order valence-electron chi connectivity index (χ3n) is 3.33. The Hall–Kier alpha value is -3.30. The van der Waals surface area contributed by atoms with Crippen LogP contribution in [0.1, 0.15) is 15.2 Å². The van der Waals surface area contributed by atoms with E-state index in [9.17, 15) is 10.1 Å². The van der Waals surface area contributed by atoms with Gasteiger partial charge in [0.25, 0.3) is 5.91 Å². The van der Waals surface area contributed by atoms with Crippen molar-refractivity contribution in [1.82, 2.24) is 0 Å². The van der Waals surface area contributed by atoms with E-state index in [1.165, 1.54) is 0 Å². The van der Waals surface area contributed by atoms with Gasteiger partial charge < -0.3 is 16.4 Å². The lowest BCUT2D eigenvalue weighted by atomic mass is 10.2. The summed E-state index contributed by atoms with van der Waals surface area (Å²) in [5.41, 5.74) is 7.98. The third-order valence-corrected chi connectivity index (χ3v) is 4.45. The molecule has 5 nitrogen and oxygen atoms in total. The van der Waals surface area contributed by atoms with Crippen LogP contribution in [0.4, 0.5) is 22.1 Å². The van der Waals surface area contributed by atoms with Gasteiger partial charge in [-0.1, -0.05) is 36.4 Å². The van der Waals surface area contributed by atoms with Gasteiger partial charge in [-0.05, 0) is 24.3 Å². The highest BCUT2D eigenvalue weighted by molar-refractivity contribution is 7.19. The number of nitrogens with one attached hydrogen (secondary N) is 2. The van der Waals surface area contributed by atoms with Gasteiger partial charge in [-0.15, -0.1) is 11.3 Å². The number of thiophene rings is 1. The molecule has 0 saturated carbocycles. The Kier molecular flexibility index (Phi) is 4.45. The maximum Gasteiger partial charge on any atom is 0.267 e. The number of anilines is 4. The molecule has 0 unspecified atom stereocenters. The zero-order valence-corrected chi connectivity index (χ0v) is 13.4. The molecule has 0 spiro atoms. The highest BCUT2D eigenvalue weighted by Crippen LogP contribution is 2.37. The summed E-state index contributed by atoms with van der Waals surface area (Å²) in [5, 5.41) is 15.8. The number of nitrogen functional groups attached to an aromatic ring is 1. The van der Waals surface area contributed by atoms with E-state index in [2.05, 4.69) is 16.7 Å². The molecule has 0 aliphatic carbocycles. The van der Waals surface area contributed by atoms with E-state index in [-0.39, 0.29) is 17.2 Å². The first-order chi connectivity index (χ1) is 11.7. The molecule has 3 aromatic rings. The summed E-state index contributed by atoms with van der Waals surface area (Å²) in [5.74, 6) is -0.332. The molecular formula is C18H14N4OS. The van der Waals surface area contributed by atoms with Crippen LogP contribution in [0.25, 0.3) is 0 Å². The Bertz CT molecular complexity index is 898. The van der Waals surface area contributed by atoms with Gasteiger partial charge in [0.05, 0.1) is 5.69 Å². The Labute approximate surface area is 143 Å². The van der Waals surface area contributed by atoms with Gasteiger partial charge in [-0.25, -0.2) is 0 Å². The quantitative estimate of drug-likeness (QED) is 0.667. The summed E-state index contributed by atoms with van der Waals surface area (Å²) < 4.78 is 0. The lowest BCUT2D eigenvalue weighted by molar-refractivity contribution is 0.103. The van der Waals surface area contributed by atoms with Crippen LogP contribution in [-0.2, 0) is 0 Å². The third kappa shape index (κ3) is 3.21. The van der Waals surface area contributed by atoms with Crippen molar-refractivity contribution in [1.29, 1.82) is 5.26 Å². The van der Waals surface area contributed by atoms with Crippen LogP contribution in [0.15, 0.2) is 60.7 Å². The average molecular weight is 334 g/mol. The fraction of sp³-hybridized carbons (Fsp3) is 0. The van der Waals surface area contributed by atoms with Crippen molar-refractivity contribution in [2.75, 3.05) is 16.4 Å². The number of hydrogen-bond acceptors (Lipinski definition) is 5. The Morgan fingerprint density at radius 2 is 1.58 bits per heavy atom. The summed E-state index contributed by atoms with van der Waals surface area (Å²) in [4.78, 5) is 12.8. The molecular weight excluding hydrogens is 320 g/mol. The Balaban J connectivity index is 1.89. The van der Waals surface area contributed by atoms with Gasteiger partial charge >= 0.3 is 0 Å². The molecule has 0 bridgehead atoms. The molecule has 0 atom stereocenters. The second-order valence-electron chi connectivity index (χ2n) is 4.97. The normalized spacial score (nSPS) is 9.96. The molecule has 0 aliphatic heterocycles. The monoisotopic (exact) mass is 334 g/mol. The van der Waals surface area contributed by atoms with Gasteiger partial charge in [-0.2, -0.15) is 5.26 Å². The molecule has 3 rings (SSSR count). The summed E-state index contributed by atoms with van der Waals surface area (Å²) in [6.45, 7) is 0. The predicted molar refractivity (Wildman–Crippen MR) is 97.6 cm³/mol. The Morgan fingerprint density at radius 3 is 2.17 bits per heavy atom. The number of para-hydroxylation sites is 2. The second kappa shape index (κ2) is 6.86. The minimum atomic E-state index is -0.332. The summed E-state index contributed by atoms with van der Waals surface area (Å²) in [6, 6.07) is 20.6. The van der Waals surface area contributed by atoms with Gasteiger partial charge in [0.2, 0.25) is 0 Å². The van der Waals surface area contributed by atoms with Crippen molar-refractivity contribution in [3.63, 3.8) is 0 Å². The van der Waals surface area contributed by atoms with Crippen LogP contribution in [0.5, 0.6) is 0 Å². The van der Waals surface area contributed by atoms with E-state index in [1.807, 2.05) is 48.5 Å². The number of nitrogens with two attached hydrogens (primary N) is 1. The van der Waals surface area contributed by atoms with Crippen LogP contribution in [-0.4, -0.2) is 5.91 Å². The molecule has 0 radical (unpaired) electrons. The molecule has 2 aromatic carbocycles. The SMILES string of the molecule is N#Cc1c(Nc2ccccc2)sc(C(=O)Nc2ccccc2)c1N. The number of nitrogens with zero attached hydrogens (tertiary/aromatic N) is 1. The summed E-state index contributed by atoms with van der Waals surface area (Å²) in [6.07, 6.45) is 0. The van der Waals surface area contributed by atoms with Crippen molar-refractivity contribution in [2.45, 2.75) is 0 Å². The first-order valence-electron chi connectivity index (χ1n) is 7.20. The van der Waals surface area contributed by atoms with Gasteiger partial charge in [0.1, 0.15) is 21.5 Å². The number of benzene rings is 2. The lowest BCUT2D eigenvalue weighted by Gasteiger charge is -2.03. The van der Waals surface area contributed by atoms with Crippen LogP contribution in [0.2, 0.25) is 0 Å². The first-order valence-corrected chi connectivity index (χ1v) is 8.01. The number of amides is 1. The zero-order valence-electron chi connectivity index (χ0n) is 12.6. The highest BCUT2D eigenvalue weighted by Gasteiger charge is 2.21. The molecule has 118 valence electrons. The number of carbonyl (C=O) groups excluding carboxylic acids is 1.